The fourth-order valence-electron chi connectivity index (χ4n) is 2.31. The van der Waals surface area contributed by atoms with E-state index < -0.39 is 11.7 Å². The number of hydrogen-bond donors (Lipinski definition) is 1. The van der Waals surface area contributed by atoms with Crippen molar-refractivity contribution in [3.63, 3.8) is 0 Å². The molecular formula is C12H12F3N5. The van der Waals surface area contributed by atoms with E-state index in [0.29, 0.717) is 11.3 Å². The number of halogens is 3. The Hall–Kier alpha value is -2.12. The van der Waals surface area contributed by atoms with Crippen LogP contribution < -0.4 is 5.73 Å². The van der Waals surface area contributed by atoms with E-state index in [-0.39, 0.29) is 18.7 Å². The maximum Gasteiger partial charge on any atom is 0.413 e. The van der Waals surface area contributed by atoms with Gasteiger partial charge in [-0.05, 0) is 54.0 Å². The maximum atomic E-state index is 13.2. The van der Waals surface area contributed by atoms with E-state index >= 15 is 0 Å². The number of alkyl halides is 3. The zero-order valence-corrected chi connectivity index (χ0v) is 10.6. The first-order chi connectivity index (χ1) is 9.35. The smallest absolute Gasteiger partial charge is 0.399 e. The van der Waals surface area contributed by atoms with Crippen LogP contribution in [0, 0.1) is 6.92 Å². The predicted molar refractivity (Wildman–Crippen MR) is 65.7 cm³/mol. The molecule has 0 amide bonds. The van der Waals surface area contributed by atoms with Crippen molar-refractivity contribution in [2.24, 2.45) is 0 Å². The van der Waals surface area contributed by atoms with Crippen LogP contribution in [0.5, 0.6) is 0 Å². The van der Waals surface area contributed by atoms with Crippen molar-refractivity contribution in [3.05, 3.63) is 23.8 Å². The minimum absolute atomic E-state index is 0.00254. The van der Waals surface area contributed by atoms with Crippen LogP contribution in [0.15, 0.2) is 18.2 Å². The number of nitrogen functional groups attached to an aromatic ring is 1. The van der Waals surface area contributed by atoms with Gasteiger partial charge >= 0.3 is 6.18 Å². The Balaban J connectivity index is 2.12. The van der Waals surface area contributed by atoms with E-state index in [0.717, 1.165) is 10.2 Å². The lowest BCUT2D eigenvalue weighted by Gasteiger charge is -2.20. The average molecular weight is 283 g/mol. The summed E-state index contributed by atoms with van der Waals surface area (Å²) < 4.78 is 40.4. The monoisotopic (exact) mass is 283 g/mol. The van der Waals surface area contributed by atoms with Gasteiger partial charge in [0.2, 0.25) is 0 Å². The lowest BCUT2D eigenvalue weighted by atomic mass is 10.1. The lowest BCUT2D eigenvalue weighted by molar-refractivity contribution is -0.182. The van der Waals surface area contributed by atoms with Crippen LogP contribution >= 0.6 is 0 Å². The van der Waals surface area contributed by atoms with E-state index in [9.17, 15) is 13.2 Å². The van der Waals surface area contributed by atoms with Crippen LogP contribution in [0.2, 0.25) is 0 Å². The maximum absolute atomic E-state index is 13.2. The summed E-state index contributed by atoms with van der Waals surface area (Å²) in [6.07, 6.45) is -4.36. The Morgan fingerprint density at radius 3 is 2.55 bits per heavy atom. The molecule has 0 aliphatic heterocycles. The minimum atomic E-state index is -4.36. The molecule has 8 heteroatoms. The summed E-state index contributed by atoms with van der Waals surface area (Å²) in [6, 6.07) is 4.94. The number of nitrogens with zero attached hydrogens (tertiary/aromatic N) is 4. The largest absolute Gasteiger partial charge is 0.413 e. The van der Waals surface area contributed by atoms with Gasteiger partial charge in [0.25, 0.3) is 0 Å². The second kappa shape index (κ2) is 3.94. The Labute approximate surface area is 112 Å². The zero-order valence-electron chi connectivity index (χ0n) is 10.6. The number of anilines is 1. The molecule has 1 heterocycles. The molecule has 1 aliphatic carbocycles. The fourth-order valence-corrected chi connectivity index (χ4v) is 2.31. The summed E-state index contributed by atoms with van der Waals surface area (Å²) in [5, 5.41) is 10.7. The van der Waals surface area contributed by atoms with Crippen LogP contribution in [0.25, 0.3) is 11.4 Å². The van der Waals surface area contributed by atoms with Gasteiger partial charge in [-0.25, -0.2) is 4.68 Å². The Kier molecular flexibility index (Phi) is 2.54. The summed E-state index contributed by atoms with van der Waals surface area (Å²) in [4.78, 5) is 0. The van der Waals surface area contributed by atoms with Gasteiger partial charge in [-0.1, -0.05) is 0 Å². The van der Waals surface area contributed by atoms with Gasteiger partial charge in [-0.15, -0.1) is 5.10 Å². The molecule has 0 radical (unpaired) electrons. The summed E-state index contributed by atoms with van der Waals surface area (Å²) >= 11 is 0. The van der Waals surface area contributed by atoms with E-state index in [2.05, 4.69) is 15.5 Å². The van der Waals surface area contributed by atoms with Crippen molar-refractivity contribution in [2.45, 2.75) is 31.5 Å². The topological polar surface area (TPSA) is 69.6 Å². The van der Waals surface area contributed by atoms with Crippen molar-refractivity contribution in [2.75, 3.05) is 5.73 Å². The van der Waals surface area contributed by atoms with E-state index in [1.807, 2.05) is 0 Å². The number of rotatable bonds is 2. The fraction of sp³-hybridized carbons (Fsp3) is 0.417. The molecule has 0 bridgehead atoms. The van der Waals surface area contributed by atoms with Crippen molar-refractivity contribution in [1.82, 2.24) is 20.2 Å². The van der Waals surface area contributed by atoms with Crippen LogP contribution in [0.1, 0.15) is 18.4 Å². The van der Waals surface area contributed by atoms with Crippen molar-refractivity contribution in [1.29, 1.82) is 0 Å². The number of nitrogens with two attached hydrogens (primary N) is 1. The van der Waals surface area contributed by atoms with Gasteiger partial charge in [0.05, 0.1) is 0 Å². The highest BCUT2D eigenvalue weighted by molar-refractivity contribution is 5.64. The third-order valence-electron chi connectivity index (χ3n) is 3.62. The van der Waals surface area contributed by atoms with E-state index in [4.69, 9.17) is 5.73 Å². The summed E-state index contributed by atoms with van der Waals surface area (Å²) in [7, 11) is 0. The van der Waals surface area contributed by atoms with Crippen molar-refractivity contribution < 1.29 is 13.2 Å². The molecule has 0 saturated heterocycles. The zero-order chi connectivity index (χ0) is 14.5. The SMILES string of the molecule is Cc1cc(N)ccc1-c1nnnn1C1(C(F)(F)F)CC1. The molecule has 1 saturated carbocycles. The Bertz CT molecular complexity index is 657. The first-order valence-electron chi connectivity index (χ1n) is 6.07. The normalized spacial score (nSPS) is 17.2. The Morgan fingerprint density at radius 1 is 1.30 bits per heavy atom. The molecular weight excluding hydrogens is 271 g/mol. The average Bonchev–Trinajstić information content (AvgIpc) is 3.03. The van der Waals surface area contributed by atoms with E-state index in [1.54, 1.807) is 25.1 Å². The van der Waals surface area contributed by atoms with Gasteiger partial charge in [0.15, 0.2) is 11.4 Å². The second-order valence-electron chi connectivity index (χ2n) is 5.02. The number of aryl methyl sites for hydroxylation is 1. The van der Waals surface area contributed by atoms with Gasteiger partial charge in [0, 0.05) is 11.3 Å². The second-order valence-corrected chi connectivity index (χ2v) is 5.02. The highest BCUT2D eigenvalue weighted by Gasteiger charge is 2.66. The van der Waals surface area contributed by atoms with Gasteiger partial charge in [0.1, 0.15) is 0 Å². The molecule has 2 aromatic rings. The van der Waals surface area contributed by atoms with Crippen LogP contribution in [-0.2, 0) is 5.54 Å². The summed E-state index contributed by atoms with van der Waals surface area (Å²) in [6.45, 7) is 1.76. The van der Waals surface area contributed by atoms with Crippen LogP contribution in [0.3, 0.4) is 0 Å². The first-order valence-corrected chi connectivity index (χ1v) is 6.07. The molecule has 106 valence electrons. The number of benzene rings is 1. The number of hydrogen-bond acceptors (Lipinski definition) is 4. The molecule has 2 N–H and O–H groups in total. The van der Waals surface area contributed by atoms with Crippen molar-refractivity contribution in [3.8, 4) is 11.4 Å². The van der Waals surface area contributed by atoms with Gasteiger partial charge < -0.3 is 5.73 Å². The van der Waals surface area contributed by atoms with Gasteiger partial charge in [-0.2, -0.15) is 13.2 Å². The molecule has 1 aliphatic rings. The molecule has 1 fully saturated rings. The van der Waals surface area contributed by atoms with Crippen LogP contribution in [-0.4, -0.2) is 26.4 Å². The van der Waals surface area contributed by atoms with Crippen molar-refractivity contribution >= 4 is 5.69 Å². The first kappa shape index (κ1) is 12.9. The third-order valence-corrected chi connectivity index (χ3v) is 3.62. The third kappa shape index (κ3) is 1.75. The van der Waals surface area contributed by atoms with Gasteiger partial charge in [-0.3, -0.25) is 0 Å². The standard InChI is InChI=1S/C12H12F3N5/c1-7-6-8(16)2-3-9(7)10-17-18-19-20(10)11(4-5-11)12(13,14)15/h2-3,6H,4-5,16H2,1H3. The Morgan fingerprint density at radius 2 is 2.00 bits per heavy atom. The highest BCUT2D eigenvalue weighted by Crippen LogP contribution is 2.55. The lowest BCUT2D eigenvalue weighted by Crippen LogP contribution is -2.36. The molecule has 1 aromatic carbocycles. The molecule has 0 spiro atoms. The summed E-state index contributed by atoms with van der Waals surface area (Å²) in [5.74, 6) is 0.123. The minimum Gasteiger partial charge on any atom is -0.399 e. The molecule has 0 unspecified atom stereocenters. The number of tetrazole rings is 1. The summed E-state index contributed by atoms with van der Waals surface area (Å²) in [5.41, 5.74) is 5.52. The molecule has 3 rings (SSSR count). The molecule has 5 nitrogen and oxygen atoms in total. The quantitative estimate of drug-likeness (QED) is 0.858. The predicted octanol–water partition coefficient (Wildman–Crippen LogP) is 2.28. The molecule has 1 aromatic heterocycles. The highest BCUT2D eigenvalue weighted by atomic mass is 19.4. The number of aromatic nitrogens is 4. The van der Waals surface area contributed by atoms with E-state index in [1.165, 1.54) is 0 Å². The molecule has 0 atom stereocenters. The molecule has 20 heavy (non-hydrogen) atoms. The van der Waals surface area contributed by atoms with Crippen LogP contribution in [0.4, 0.5) is 18.9 Å².